The Bertz CT molecular complexity index is 1030. The molecule has 1 aromatic carbocycles. The van der Waals surface area contributed by atoms with Crippen LogP contribution in [0.15, 0.2) is 71.6 Å². The Morgan fingerprint density at radius 1 is 1.06 bits per heavy atom. The maximum absolute atomic E-state index is 13.6. The summed E-state index contributed by atoms with van der Waals surface area (Å²) in [4.78, 5) is 32.7. The van der Waals surface area contributed by atoms with Crippen LogP contribution in [0, 0.1) is 0 Å². The van der Waals surface area contributed by atoms with Crippen molar-refractivity contribution >= 4 is 23.4 Å². The highest BCUT2D eigenvalue weighted by Crippen LogP contribution is 2.29. The zero-order valence-corrected chi connectivity index (χ0v) is 18.5. The molecule has 1 saturated carbocycles. The van der Waals surface area contributed by atoms with Crippen molar-refractivity contribution in [3.05, 3.63) is 89.1 Å². The molecule has 2 heterocycles. The number of carbonyl (C=O) groups is 2. The third-order valence-electron chi connectivity index (χ3n) is 5.82. The van der Waals surface area contributed by atoms with E-state index in [9.17, 15) is 9.59 Å². The number of hydrogen-bond donors (Lipinski definition) is 1. The molecule has 2 amide bonds. The van der Waals surface area contributed by atoms with Gasteiger partial charge in [0.15, 0.2) is 5.76 Å². The fraction of sp³-hybridized carbons (Fsp3) is 0.320. The monoisotopic (exact) mass is 451 g/mol. The molecule has 3 aromatic rings. The van der Waals surface area contributed by atoms with E-state index in [0.717, 1.165) is 31.2 Å². The SMILES string of the molecule is O=C(NC1CCCCC1)C(c1ccncc1)N(Cc1ccccc1Cl)C(=O)c1ccco1. The first-order valence-corrected chi connectivity index (χ1v) is 11.3. The van der Waals surface area contributed by atoms with Crippen LogP contribution in [0.2, 0.25) is 5.02 Å². The first kappa shape index (κ1) is 22.1. The molecule has 2 aromatic heterocycles. The summed E-state index contributed by atoms with van der Waals surface area (Å²) in [5, 5.41) is 3.71. The van der Waals surface area contributed by atoms with E-state index in [1.165, 1.54) is 17.6 Å². The second-order valence-corrected chi connectivity index (χ2v) is 8.44. The van der Waals surface area contributed by atoms with Crippen molar-refractivity contribution in [1.29, 1.82) is 0 Å². The predicted molar refractivity (Wildman–Crippen MR) is 122 cm³/mol. The van der Waals surface area contributed by atoms with E-state index in [-0.39, 0.29) is 30.2 Å². The van der Waals surface area contributed by atoms with Crippen LogP contribution in [-0.2, 0) is 11.3 Å². The van der Waals surface area contributed by atoms with Crippen molar-refractivity contribution in [2.24, 2.45) is 0 Å². The second kappa shape index (κ2) is 10.5. The van der Waals surface area contributed by atoms with E-state index < -0.39 is 6.04 Å². The standard InChI is InChI=1S/C25H26ClN3O3/c26-21-10-5-4-7-19(21)17-29(25(31)22-11-6-16-32-22)23(18-12-14-27-15-13-18)24(30)28-20-8-2-1-3-9-20/h4-7,10-16,20,23H,1-3,8-9,17H2,(H,28,30). The summed E-state index contributed by atoms with van der Waals surface area (Å²) in [5.74, 6) is -0.424. The lowest BCUT2D eigenvalue weighted by Crippen LogP contribution is -2.46. The molecule has 32 heavy (non-hydrogen) atoms. The Hall–Kier alpha value is -3.12. The van der Waals surface area contributed by atoms with Crippen molar-refractivity contribution in [2.75, 3.05) is 0 Å². The van der Waals surface area contributed by atoms with Gasteiger partial charge in [-0.1, -0.05) is 49.1 Å². The van der Waals surface area contributed by atoms with Gasteiger partial charge < -0.3 is 14.6 Å². The molecule has 0 aliphatic heterocycles. The molecular weight excluding hydrogens is 426 g/mol. The molecule has 1 fully saturated rings. The molecule has 1 N–H and O–H groups in total. The number of aromatic nitrogens is 1. The van der Waals surface area contributed by atoms with Gasteiger partial charge in [0.05, 0.1) is 6.26 Å². The second-order valence-electron chi connectivity index (χ2n) is 8.03. The Morgan fingerprint density at radius 3 is 2.50 bits per heavy atom. The fourth-order valence-corrected chi connectivity index (χ4v) is 4.37. The van der Waals surface area contributed by atoms with Crippen LogP contribution in [0.1, 0.15) is 59.8 Å². The quantitative estimate of drug-likeness (QED) is 0.538. The summed E-state index contributed by atoms with van der Waals surface area (Å²) < 4.78 is 5.39. The number of rotatable bonds is 7. The highest BCUT2D eigenvalue weighted by molar-refractivity contribution is 6.31. The van der Waals surface area contributed by atoms with Crippen LogP contribution in [0.4, 0.5) is 0 Å². The van der Waals surface area contributed by atoms with Gasteiger partial charge in [-0.05, 0) is 54.3 Å². The molecule has 1 aliphatic carbocycles. The van der Waals surface area contributed by atoms with Crippen LogP contribution in [0.3, 0.4) is 0 Å². The third-order valence-corrected chi connectivity index (χ3v) is 6.19. The van der Waals surface area contributed by atoms with Crippen molar-refractivity contribution in [3.8, 4) is 0 Å². The number of hydrogen-bond acceptors (Lipinski definition) is 4. The summed E-state index contributed by atoms with van der Waals surface area (Å²) in [6, 6.07) is 13.4. The van der Waals surface area contributed by atoms with Crippen molar-refractivity contribution in [2.45, 2.75) is 50.7 Å². The topological polar surface area (TPSA) is 75.4 Å². The summed E-state index contributed by atoms with van der Waals surface area (Å²) in [7, 11) is 0. The molecule has 7 heteroatoms. The molecule has 166 valence electrons. The maximum atomic E-state index is 13.6. The van der Waals surface area contributed by atoms with E-state index in [4.69, 9.17) is 16.0 Å². The summed E-state index contributed by atoms with van der Waals surface area (Å²) in [5.41, 5.74) is 1.43. The van der Waals surface area contributed by atoms with E-state index in [0.29, 0.717) is 10.6 Å². The Kier molecular flexibility index (Phi) is 7.22. The Labute approximate surface area is 192 Å². The zero-order valence-electron chi connectivity index (χ0n) is 17.7. The Morgan fingerprint density at radius 2 is 1.81 bits per heavy atom. The summed E-state index contributed by atoms with van der Waals surface area (Å²) in [6.07, 6.45) is 9.98. The van der Waals surface area contributed by atoms with E-state index >= 15 is 0 Å². The van der Waals surface area contributed by atoms with E-state index in [1.54, 1.807) is 42.7 Å². The van der Waals surface area contributed by atoms with Gasteiger partial charge in [0.25, 0.3) is 5.91 Å². The molecule has 1 atom stereocenters. The number of nitrogens with zero attached hydrogens (tertiary/aromatic N) is 2. The Balaban J connectivity index is 1.72. The normalized spacial score (nSPS) is 15.2. The number of benzene rings is 1. The molecule has 0 bridgehead atoms. The number of nitrogens with one attached hydrogen (secondary N) is 1. The number of furan rings is 1. The lowest BCUT2D eigenvalue weighted by Gasteiger charge is -2.33. The highest BCUT2D eigenvalue weighted by atomic mass is 35.5. The van der Waals surface area contributed by atoms with Crippen molar-refractivity contribution in [1.82, 2.24) is 15.2 Å². The first-order valence-electron chi connectivity index (χ1n) is 10.9. The molecule has 0 radical (unpaired) electrons. The highest BCUT2D eigenvalue weighted by Gasteiger charge is 2.34. The van der Waals surface area contributed by atoms with Crippen LogP contribution in [0.25, 0.3) is 0 Å². The van der Waals surface area contributed by atoms with Gasteiger partial charge in [-0.3, -0.25) is 14.6 Å². The minimum absolute atomic E-state index is 0.112. The fourth-order valence-electron chi connectivity index (χ4n) is 4.18. The molecular formula is C25H26ClN3O3. The maximum Gasteiger partial charge on any atom is 0.290 e. The average molecular weight is 452 g/mol. The largest absolute Gasteiger partial charge is 0.459 e. The molecule has 6 nitrogen and oxygen atoms in total. The first-order chi connectivity index (χ1) is 15.6. The van der Waals surface area contributed by atoms with Crippen LogP contribution >= 0.6 is 11.6 Å². The van der Waals surface area contributed by atoms with Crippen molar-refractivity contribution in [3.63, 3.8) is 0 Å². The molecule has 0 spiro atoms. The predicted octanol–water partition coefficient (Wildman–Crippen LogP) is 5.16. The van der Waals surface area contributed by atoms with Gasteiger partial charge >= 0.3 is 0 Å². The van der Waals surface area contributed by atoms with Crippen LogP contribution in [0.5, 0.6) is 0 Å². The third kappa shape index (κ3) is 5.19. The van der Waals surface area contributed by atoms with E-state index in [1.807, 2.05) is 18.2 Å². The van der Waals surface area contributed by atoms with E-state index in [2.05, 4.69) is 10.3 Å². The lowest BCUT2D eigenvalue weighted by atomic mass is 9.94. The van der Waals surface area contributed by atoms with Gasteiger partial charge in [-0.25, -0.2) is 0 Å². The van der Waals surface area contributed by atoms with Crippen LogP contribution < -0.4 is 5.32 Å². The number of halogens is 1. The molecule has 1 aliphatic rings. The lowest BCUT2D eigenvalue weighted by molar-refractivity contribution is -0.127. The van der Waals surface area contributed by atoms with Crippen molar-refractivity contribution < 1.29 is 14.0 Å². The summed E-state index contributed by atoms with van der Waals surface area (Å²) >= 11 is 6.41. The van der Waals surface area contributed by atoms with Gasteiger partial charge in [-0.15, -0.1) is 0 Å². The number of carbonyl (C=O) groups excluding carboxylic acids is 2. The molecule has 4 rings (SSSR count). The minimum Gasteiger partial charge on any atom is -0.459 e. The van der Waals surface area contributed by atoms with Crippen LogP contribution in [-0.4, -0.2) is 27.7 Å². The number of amides is 2. The molecule has 1 unspecified atom stereocenters. The van der Waals surface area contributed by atoms with Gasteiger partial charge in [0.1, 0.15) is 6.04 Å². The smallest absolute Gasteiger partial charge is 0.290 e. The molecule has 0 saturated heterocycles. The van der Waals surface area contributed by atoms with Gasteiger partial charge in [0.2, 0.25) is 5.91 Å². The van der Waals surface area contributed by atoms with Gasteiger partial charge in [0, 0.05) is 30.0 Å². The number of pyridine rings is 1. The zero-order chi connectivity index (χ0) is 22.3. The van der Waals surface area contributed by atoms with Gasteiger partial charge in [-0.2, -0.15) is 0 Å². The minimum atomic E-state index is -0.853. The average Bonchev–Trinajstić information content (AvgIpc) is 3.36. The summed E-state index contributed by atoms with van der Waals surface area (Å²) in [6.45, 7) is 0.157.